The highest BCUT2D eigenvalue weighted by molar-refractivity contribution is 7.99. The number of thioether (sulfide) groups is 1. The molecule has 6 nitrogen and oxygen atoms in total. The van der Waals surface area contributed by atoms with Crippen LogP contribution in [0.25, 0.3) is 17.0 Å². The molecule has 2 aromatic heterocycles. The van der Waals surface area contributed by atoms with Crippen molar-refractivity contribution in [3.8, 4) is 17.1 Å². The van der Waals surface area contributed by atoms with Crippen LogP contribution in [-0.4, -0.2) is 25.5 Å². The van der Waals surface area contributed by atoms with Gasteiger partial charge in [-0.25, -0.2) is 14.5 Å². The Morgan fingerprint density at radius 1 is 1.00 bits per heavy atom. The van der Waals surface area contributed by atoms with Crippen LogP contribution >= 0.6 is 11.8 Å². The molecular formula is C24H26N4O2S. The minimum absolute atomic E-state index is 0.0734. The van der Waals surface area contributed by atoms with E-state index in [-0.39, 0.29) is 11.0 Å². The fourth-order valence-corrected chi connectivity index (χ4v) is 3.90. The largest absolute Gasteiger partial charge is 0.483 e. The molecule has 0 radical (unpaired) electrons. The van der Waals surface area contributed by atoms with Gasteiger partial charge in [0.1, 0.15) is 11.7 Å². The molecule has 0 unspecified atom stereocenters. The number of nitrogens with zero attached hydrogens (tertiary/aromatic N) is 3. The zero-order chi connectivity index (χ0) is 22.2. The molecule has 0 spiro atoms. The number of hydrogen-bond donors (Lipinski definition) is 1. The van der Waals surface area contributed by atoms with Crippen LogP contribution in [0.4, 0.5) is 0 Å². The highest BCUT2D eigenvalue weighted by atomic mass is 32.2. The number of rotatable bonds is 5. The minimum Gasteiger partial charge on any atom is -0.483 e. The number of aryl methyl sites for hydroxylation is 2. The molecule has 160 valence electrons. The normalized spacial score (nSPS) is 11.8. The molecule has 0 bridgehead atoms. The molecule has 4 aromatic rings. The summed E-state index contributed by atoms with van der Waals surface area (Å²) < 4.78 is 7.50. The predicted molar refractivity (Wildman–Crippen MR) is 125 cm³/mol. The van der Waals surface area contributed by atoms with Gasteiger partial charge in [0, 0.05) is 11.6 Å². The Kier molecular flexibility index (Phi) is 5.62. The van der Waals surface area contributed by atoms with Gasteiger partial charge >= 0.3 is 0 Å². The van der Waals surface area contributed by atoms with Gasteiger partial charge in [-0.05, 0) is 59.8 Å². The molecule has 4 rings (SSSR count). The summed E-state index contributed by atoms with van der Waals surface area (Å²) in [4.78, 5) is 21.2. The highest BCUT2D eigenvalue weighted by Crippen LogP contribution is 2.27. The van der Waals surface area contributed by atoms with Crippen LogP contribution in [0.15, 0.2) is 58.5 Å². The lowest BCUT2D eigenvalue weighted by Gasteiger charge is -2.19. The molecule has 7 heteroatoms. The summed E-state index contributed by atoms with van der Waals surface area (Å²) in [5.41, 5.74) is 4.94. The Morgan fingerprint density at radius 2 is 1.74 bits per heavy atom. The number of nitrogens with one attached hydrogen (secondary N) is 1. The van der Waals surface area contributed by atoms with Gasteiger partial charge in [0.2, 0.25) is 0 Å². The fourth-order valence-electron chi connectivity index (χ4n) is 3.18. The van der Waals surface area contributed by atoms with Crippen molar-refractivity contribution in [2.24, 2.45) is 0 Å². The van der Waals surface area contributed by atoms with Crippen molar-refractivity contribution < 1.29 is 4.74 Å². The van der Waals surface area contributed by atoms with E-state index in [0.717, 1.165) is 11.3 Å². The van der Waals surface area contributed by atoms with Crippen molar-refractivity contribution >= 4 is 17.4 Å². The maximum absolute atomic E-state index is 11.9. The summed E-state index contributed by atoms with van der Waals surface area (Å²) in [6.45, 7) is 10.7. The lowest BCUT2D eigenvalue weighted by Crippen LogP contribution is -2.10. The van der Waals surface area contributed by atoms with Gasteiger partial charge in [-0.1, -0.05) is 51.1 Å². The number of hydrogen-bond acceptors (Lipinski definition) is 5. The van der Waals surface area contributed by atoms with Crippen molar-refractivity contribution in [2.45, 2.75) is 45.2 Å². The van der Waals surface area contributed by atoms with Crippen molar-refractivity contribution in [2.75, 3.05) is 5.94 Å². The summed E-state index contributed by atoms with van der Waals surface area (Å²) >= 11 is 1.40. The molecule has 2 aromatic carbocycles. The van der Waals surface area contributed by atoms with E-state index < -0.39 is 0 Å². The van der Waals surface area contributed by atoms with Gasteiger partial charge in [0.05, 0.1) is 0 Å². The van der Waals surface area contributed by atoms with Crippen LogP contribution in [0.5, 0.6) is 5.75 Å². The number of benzene rings is 2. The summed E-state index contributed by atoms with van der Waals surface area (Å²) in [7, 11) is 0. The van der Waals surface area contributed by atoms with Gasteiger partial charge in [-0.2, -0.15) is 0 Å². The van der Waals surface area contributed by atoms with E-state index in [2.05, 4.69) is 56.8 Å². The van der Waals surface area contributed by atoms with E-state index >= 15 is 0 Å². The quantitative estimate of drug-likeness (QED) is 0.348. The summed E-state index contributed by atoms with van der Waals surface area (Å²) in [6.07, 6.45) is 0. The molecule has 2 heterocycles. The van der Waals surface area contributed by atoms with Gasteiger partial charge in [-0.15, -0.1) is 0 Å². The topological polar surface area (TPSA) is 72.3 Å². The Morgan fingerprint density at radius 3 is 2.42 bits per heavy atom. The molecule has 0 amide bonds. The third-order valence-electron chi connectivity index (χ3n) is 5.23. The Bertz CT molecular complexity index is 1280. The fraction of sp³-hybridized carbons (Fsp3) is 0.292. The average Bonchev–Trinajstić information content (AvgIpc) is 3.10. The first-order chi connectivity index (χ1) is 14.7. The number of aromatic nitrogens is 4. The zero-order valence-electron chi connectivity index (χ0n) is 18.4. The van der Waals surface area contributed by atoms with Gasteiger partial charge in [-0.3, -0.25) is 9.89 Å². The van der Waals surface area contributed by atoms with Crippen molar-refractivity contribution in [1.82, 2.24) is 19.6 Å². The van der Waals surface area contributed by atoms with E-state index in [1.807, 2.05) is 30.3 Å². The average molecular weight is 435 g/mol. The van der Waals surface area contributed by atoms with Crippen LogP contribution in [0.3, 0.4) is 0 Å². The number of aromatic amines is 1. The molecular weight excluding hydrogens is 408 g/mol. The molecule has 0 aliphatic rings. The zero-order valence-corrected chi connectivity index (χ0v) is 19.2. The molecule has 0 atom stereocenters. The second kappa shape index (κ2) is 8.23. The lowest BCUT2D eigenvalue weighted by molar-refractivity contribution is 0.392. The lowest BCUT2D eigenvalue weighted by atomic mass is 9.87. The summed E-state index contributed by atoms with van der Waals surface area (Å²) in [5, 5.41) is 3.38. The Hall–Kier alpha value is -3.06. The molecule has 0 fully saturated rings. The third-order valence-corrected chi connectivity index (χ3v) is 5.99. The van der Waals surface area contributed by atoms with Crippen LogP contribution in [0.1, 0.15) is 37.5 Å². The summed E-state index contributed by atoms with van der Waals surface area (Å²) in [5.74, 6) is 1.74. The van der Waals surface area contributed by atoms with Gasteiger partial charge in [0.25, 0.3) is 5.56 Å². The SMILES string of the molecule is Cc1ccc(OCSc2nc(-c3ccc(C(C)(C)C)cc3)nc3cc(=O)[nH]n23)cc1C. The highest BCUT2D eigenvalue weighted by Gasteiger charge is 2.15. The number of fused-ring (bicyclic) bond motifs is 1. The van der Waals surface area contributed by atoms with Gasteiger partial charge < -0.3 is 4.74 Å². The molecule has 0 saturated heterocycles. The maximum atomic E-state index is 11.9. The van der Waals surface area contributed by atoms with Gasteiger partial charge in [0.15, 0.2) is 16.6 Å². The minimum atomic E-state index is -0.216. The standard InChI is InChI=1S/C24H26N4O2S/c1-15-6-11-19(12-16(15)2)30-14-31-23-26-22(25-20-13-21(29)27-28(20)23)17-7-9-18(10-8-17)24(3,4)5/h6-13H,14H2,1-5H3,(H,27,29). The van der Waals surface area contributed by atoms with E-state index in [4.69, 9.17) is 9.72 Å². The molecule has 1 N–H and O–H groups in total. The monoisotopic (exact) mass is 434 g/mol. The van der Waals surface area contributed by atoms with Crippen molar-refractivity contribution in [3.63, 3.8) is 0 Å². The summed E-state index contributed by atoms with van der Waals surface area (Å²) in [6, 6.07) is 15.7. The molecule has 0 aliphatic heterocycles. The first kappa shape index (κ1) is 21.2. The van der Waals surface area contributed by atoms with Crippen LogP contribution < -0.4 is 10.3 Å². The molecule has 31 heavy (non-hydrogen) atoms. The van der Waals surface area contributed by atoms with Crippen LogP contribution in [0.2, 0.25) is 0 Å². The van der Waals surface area contributed by atoms with Crippen LogP contribution in [0, 0.1) is 13.8 Å². The van der Waals surface area contributed by atoms with E-state index in [1.165, 1.54) is 34.5 Å². The second-order valence-electron chi connectivity index (χ2n) is 8.62. The number of H-pyrrole nitrogens is 1. The smallest absolute Gasteiger partial charge is 0.266 e. The van der Waals surface area contributed by atoms with E-state index in [1.54, 1.807) is 4.52 Å². The van der Waals surface area contributed by atoms with Crippen molar-refractivity contribution in [3.05, 3.63) is 75.6 Å². The first-order valence-electron chi connectivity index (χ1n) is 10.1. The first-order valence-corrected chi connectivity index (χ1v) is 11.1. The van der Waals surface area contributed by atoms with Crippen molar-refractivity contribution in [1.29, 1.82) is 0 Å². The Labute approximate surface area is 185 Å². The second-order valence-corrected chi connectivity index (χ2v) is 9.51. The number of ether oxygens (including phenoxy) is 1. The molecule has 0 saturated carbocycles. The maximum Gasteiger partial charge on any atom is 0.266 e. The predicted octanol–water partition coefficient (Wildman–Crippen LogP) is 5.13. The van der Waals surface area contributed by atoms with E-state index in [0.29, 0.717) is 22.6 Å². The molecule has 0 aliphatic carbocycles. The Balaban J connectivity index is 1.61. The van der Waals surface area contributed by atoms with E-state index in [9.17, 15) is 4.79 Å². The van der Waals surface area contributed by atoms with Crippen LogP contribution in [-0.2, 0) is 5.41 Å². The third kappa shape index (κ3) is 4.66.